The zero-order chi connectivity index (χ0) is 14.9. The first-order valence-electron chi connectivity index (χ1n) is 5.40. The fourth-order valence-corrected chi connectivity index (χ4v) is 2.14. The van der Waals surface area contributed by atoms with Gasteiger partial charge in [-0.2, -0.15) is 0 Å². The molecule has 0 bridgehead atoms. The molecule has 104 valence electrons. The lowest BCUT2D eigenvalue weighted by molar-refractivity contribution is -0.136. The van der Waals surface area contributed by atoms with E-state index in [0.29, 0.717) is 11.1 Å². The summed E-state index contributed by atoms with van der Waals surface area (Å²) in [4.78, 5) is 14.3. The number of hydrogen-bond acceptors (Lipinski definition) is 2. The van der Waals surface area contributed by atoms with Crippen LogP contribution in [0, 0.1) is 11.6 Å². The van der Waals surface area contributed by atoms with Crippen LogP contribution in [0.25, 0.3) is 11.3 Å². The number of halogens is 4. The summed E-state index contributed by atoms with van der Waals surface area (Å²) in [5.74, 6) is -3.21. The van der Waals surface area contributed by atoms with Gasteiger partial charge >= 0.3 is 5.97 Å². The van der Waals surface area contributed by atoms with Crippen molar-refractivity contribution in [2.45, 2.75) is 6.42 Å². The molecule has 1 aromatic carbocycles. The summed E-state index contributed by atoms with van der Waals surface area (Å²) in [6.07, 6.45) is -0.648. The smallest absolute Gasteiger partial charge is 0.309 e. The van der Waals surface area contributed by atoms with Crippen molar-refractivity contribution in [1.82, 2.24) is 4.98 Å². The van der Waals surface area contributed by atoms with Crippen molar-refractivity contribution in [2.24, 2.45) is 0 Å². The molecule has 2 aromatic rings. The number of carboxylic acids is 1. The molecular weight excluding hydrogens is 311 g/mol. The van der Waals surface area contributed by atoms with Gasteiger partial charge in [0.15, 0.2) is 5.82 Å². The molecule has 0 aliphatic heterocycles. The van der Waals surface area contributed by atoms with Gasteiger partial charge in [-0.1, -0.05) is 23.2 Å². The molecule has 0 aliphatic rings. The summed E-state index contributed by atoms with van der Waals surface area (Å²) in [6, 6.07) is 4.88. The van der Waals surface area contributed by atoms with Crippen LogP contribution in [0.15, 0.2) is 24.3 Å². The molecule has 0 spiro atoms. The summed E-state index contributed by atoms with van der Waals surface area (Å²) in [6.45, 7) is 0. The molecule has 1 heterocycles. The largest absolute Gasteiger partial charge is 0.481 e. The SMILES string of the molecule is O=C(O)Cc1nc(-c2ccc(Cl)cc2Cl)c(F)cc1F. The molecule has 0 saturated carbocycles. The van der Waals surface area contributed by atoms with E-state index in [4.69, 9.17) is 28.3 Å². The standard InChI is InChI=1S/C13H7Cl2F2NO2/c14-6-1-2-7(8(15)3-6)13-10(17)4-9(16)11(18-13)5-12(19)20/h1-4H,5H2,(H,19,20). The van der Waals surface area contributed by atoms with E-state index in [1.807, 2.05) is 0 Å². The molecule has 0 saturated heterocycles. The van der Waals surface area contributed by atoms with Gasteiger partial charge in [-0.25, -0.2) is 13.8 Å². The number of benzene rings is 1. The summed E-state index contributed by atoms with van der Waals surface area (Å²) >= 11 is 11.7. The van der Waals surface area contributed by atoms with Crippen molar-refractivity contribution in [3.05, 3.63) is 51.6 Å². The molecular formula is C13H7Cl2F2NO2. The molecule has 0 fully saturated rings. The van der Waals surface area contributed by atoms with E-state index in [2.05, 4.69) is 4.98 Å². The van der Waals surface area contributed by atoms with Gasteiger partial charge in [-0.05, 0) is 18.2 Å². The van der Waals surface area contributed by atoms with E-state index in [0.717, 1.165) is 0 Å². The number of aliphatic carboxylic acids is 1. The fraction of sp³-hybridized carbons (Fsp3) is 0.0769. The van der Waals surface area contributed by atoms with Crippen molar-refractivity contribution in [1.29, 1.82) is 0 Å². The van der Waals surface area contributed by atoms with Crippen LogP contribution >= 0.6 is 23.2 Å². The summed E-state index contributed by atoms with van der Waals surface area (Å²) in [7, 11) is 0. The third-order valence-corrected chi connectivity index (χ3v) is 3.05. The Hall–Kier alpha value is -1.72. The summed E-state index contributed by atoms with van der Waals surface area (Å²) in [5, 5.41) is 9.16. The average molecular weight is 318 g/mol. The molecule has 1 N–H and O–H groups in total. The van der Waals surface area contributed by atoms with Gasteiger partial charge in [0.2, 0.25) is 0 Å². The molecule has 0 amide bonds. The molecule has 3 nitrogen and oxygen atoms in total. The molecule has 1 aromatic heterocycles. The first-order chi connectivity index (χ1) is 9.38. The number of rotatable bonds is 3. The second kappa shape index (κ2) is 5.73. The average Bonchev–Trinajstić information content (AvgIpc) is 2.33. The van der Waals surface area contributed by atoms with Crippen molar-refractivity contribution in [2.75, 3.05) is 0 Å². The van der Waals surface area contributed by atoms with Gasteiger partial charge in [-0.3, -0.25) is 4.79 Å². The Kier molecular flexibility index (Phi) is 4.20. The zero-order valence-electron chi connectivity index (χ0n) is 9.83. The van der Waals surface area contributed by atoms with Crippen LogP contribution < -0.4 is 0 Å². The maximum Gasteiger partial charge on any atom is 0.309 e. The predicted molar refractivity (Wildman–Crippen MR) is 70.9 cm³/mol. The molecule has 2 rings (SSSR count). The van der Waals surface area contributed by atoms with Crippen LogP contribution in [0.4, 0.5) is 8.78 Å². The monoisotopic (exact) mass is 317 g/mol. The Morgan fingerprint density at radius 1 is 1.20 bits per heavy atom. The second-order valence-electron chi connectivity index (χ2n) is 3.94. The van der Waals surface area contributed by atoms with Gasteiger partial charge < -0.3 is 5.11 Å². The zero-order valence-corrected chi connectivity index (χ0v) is 11.3. The minimum atomic E-state index is -1.27. The molecule has 0 unspecified atom stereocenters. The minimum absolute atomic E-state index is 0.136. The molecule has 7 heteroatoms. The van der Waals surface area contributed by atoms with Crippen LogP contribution in [0.5, 0.6) is 0 Å². The highest BCUT2D eigenvalue weighted by molar-refractivity contribution is 6.36. The van der Waals surface area contributed by atoms with Crippen molar-refractivity contribution < 1.29 is 18.7 Å². The van der Waals surface area contributed by atoms with Gasteiger partial charge in [0, 0.05) is 16.7 Å². The highest BCUT2D eigenvalue weighted by atomic mass is 35.5. The van der Waals surface area contributed by atoms with Gasteiger partial charge in [0.1, 0.15) is 11.5 Å². The van der Waals surface area contributed by atoms with Crippen LogP contribution in [-0.2, 0) is 11.2 Å². The third kappa shape index (κ3) is 3.05. The van der Waals surface area contributed by atoms with E-state index in [9.17, 15) is 13.6 Å². The first kappa shape index (κ1) is 14.7. The van der Waals surface area contributed by atoms with E-state index in [1.54, 1.807) is 0 Å². The summed E-state index contributed by atoms with van der Waals surface area (Å²) in [5.41, 5.74) is -0.371. The maximum absolute atomic E-state index is 13.8. The number of pyridine rings is 1. The number of nitrogens with zero attached hydrogens (tertiary/aromatic N) is 1. The fourth-order valence-electron chi connectivity index (χ4n) is 1.64. The first-order valence-corrected chi connectivity index (χ1v) is 6.16. The molecule has 20 heavy (non-hydrogen) atoms. The Balaban J connectivity index is 2.58. The predicted octanol–water partition coefficient (Wildman–Crippen LogP) is 3.96. The normalized spacial score (nSPS) is 10.6. The number of hydrogen-bond donors (Lipinski definition) is 1. The number of carbonyl (C=O) groups is 1. The van der Waals surface area contributed by atoms with Gasteiger partial charge in [-0.15, -0.1) is 0 Å². The second-order valence-corrected chi connectivity index (χ2v) is 4.79. The highest BCUT2D eigenvalue weighted by Crippen LogP contribution is 2.31. The lowest BCUT2D eigenvalue weighted by atomic mass is 10.1. The van der Waals surface area contributed by atoms with Gasteiger partial charge in [0.05, 0.1) is 17.1 Å². The lowest BCUT2D eigenvalue weighted by Gasteiger charge is -2.08. The Labute approximate surface area is 122 Å². The van der Waals surface area contributed by atoms with E-state index >= 15 is 0 Å². The van der Waals surface area contributed by atoms with Crippen molar-refractivity contribution >= 4 is 29.2 Å². The van der Waals surface area contributed by atoms with Crippen LogP contribution in [-0.4, -0.2) is 16.1 Å². The van der Waals surface area contributed by atoms with Crippen LogP contribution in [0.2, 0.25) is 10.0 Å². The minimum Gasteiger partial charge on any atom is -0.481 e. The van der Waals surface area contributed by atoms with E-state index in [-0.39, 0.29) is 22.0 Å². The number of carboxylic acid groups (broad SMARTS) is 1. The van der Waals surface area contributed by atoms with E-state index < -0.39 is 24.0 Å². The van der Waals surface area contributed by atoms with Crippen LogP contribution in [0.3, 0.4) is 0 Å². The number of aromatic nitrogens is 1. The Bertz CT molecular complexity index is 692. The Morgan fingerprint density at radius 3 is 2.50 bits per heavy atom. The third-order valence-electron chi connectivity index (χ3n) is 2.51. The Morgan fingerprint density at radius 2 is 1.90 bits per heavy atom. The topological polar surface area (TPSA) is 50.2 Å². The van der Waals surface area contributed by atoms with Crippen molar-refractivity contribution in [3.63, 3.8) is 0 Å². The van der Waals surface area contributed by atoms with Gasteiger partial charge in [0.25, 0.3) is 0 Å². The quantitative estimate of drug-likeness (QED) is 0.932. The van der Waals surface area contributed by atoms with Crippen LogP contribution in [0.1, 0.15) is 5.69 Å². The molecule has 0 atom stereocenters. The molecule has 0 radical (unpaired) electrons. The van der Waals surface area contributed by atoms with E-state index in [1.165, 1.54) is 18.2 Å². The molecule has 0 aliphatic carbocycles. The maximum atomic E-state index is 13.8. The highest BCUT2D eigenvalue weighted by Gasteiger charge is 2.17. The lowest BCUT2D eigenvalue weighted by Crippen LogP contribution is -2.07. The van der Waals surface area contributed by atoms with Crippen molar-refractivity contribution in [3.8, 4) is 11.3 Å². The summed E-state index contributed by atoms with van der Waals surface area (Å²) < 4.78 is 27.2.